The SMILES string of the molecule is O=C1C2=C(C(=O)N1CCC1(C(F)(F)F)N=N1)[C@@]1(P([C@]34C=C[C@H](O3)C3=C4C(=O)N(CCC4(C(F)(F)F)N=N4)C3=O)[C@]34C=C[C@H](O3)C3=C4C(=O)N(CCC4(C(F)(F)F)N=N4)C3=O)C=C[C@@H]2O1. The highest BCUT2D eigenvalue weighted by Gasteiger charge is 2.79. The lowest BCUT2D eigenvalue weighted by Gasteiger charge is -2.51. The van der Waals surface area contributed by atoms with Gasteiger partial charge in [-0.3, -0.25) is 43.5 Å². The first kappa shape index (κ1) is 39.9. The number of rotatable bonds is 12. The molecule has 0 spiro atoms. The maximum Gasteiger partial charge on any atom is 0.437 e. The third-order valence-electron chi connectivity index (χ3n) is 13.4. The fourth-order valence-electron chi connectivity index (χ4n) is 10.1. The molecular formula is C36H21F9N9O9P. The van der Waals surface area contributed by atoms with E-state index in [9.17, 15) is 68.3 Å². The maximum absolute atomic E-state index is 14.6. The monoisotopic (exact) mass is 925 g/mol. The Morgan fingerprint density at radius 1 is 0.453 bits per heavy atom. The van der Waals surface area contributed by atoms with Crippen LogP contribution in [0.5, 0.6) is 0 Å². The molecule has 12 aliphatic rings. The van der Waals surface area contributed by atoms with E-state index in [1.54, 1.807) is 0 Å². The number of nitrogens with zero attached hydrogens (tertiary/aromatic N) is 9. The molecule has 12 aliphatic heterocycles. The summed E-state index contributed by atoms with van der Waals surface area (Å²) in [6, 6.07) is 0. The van der Waals surface area contributed by atoms with Crippen LogP contribution in [0.25, 0.3) is 0 Å². The van der Waals surface area contributed by atoms with Crippen molar-refractivity contribution >= 4 is 43.4 Å². The average Bonchev–Trinajstić information content (AvgIpc) is 4.07. The summed E-state index contributed by atoms with van der Waals surface area (Å²) >= 11 is 0. The van der Waals surface area contributed by atoms with E-state index < -0.39 is 169 Å². The van der Waals surface area contributed by atoms with Crippen LogP contribution in [-0.4, -0.2) is 140 Å². The molecule has 28 heteroatoms. The zero-order valence-corrected chi connectivity index (χ0v) is 32.4. The van der Waals surface area contributed by atoms with Crippen molar-refractivity contribution in [3.8, 4) is 0 Å². The van der Waals surface area contributed by atoms with Gasteiger partial charge in [0.05, 0.1) is 33.4 Å². The topological polar surface area (TPSA) is 214 Å². The number of carbonyl (C=O) groups excluding carboxylic acids is 6. The number of ether oxygens (including phenoxy) is 3. The number of hydrogen-bond acceptors (Lipinski definition) is 15. The van der Waals surface area contributed by atoms with Gasteiger partial charge in [0.1, 0.15) is 34.3 Å². The second-order valence-corrected chi connectivity index (χ2v) is 19.2. The number of fused-ring (bicyclic) bond motifs is 12. The van der Waals surface area contributed by atoms with Gasteiger partial charge in [0, 0.05) is 46.8 Å². The molecule has 0 aromatic carbocycles. The quantitative estimate of drug-likeness (QED) is 0.120. The van der Waals surface area contributed by atoms with Gasteiger partial charge in [0.2, 0.25) is 0 Å². The van der Waals surface area contributed by atoms with Crippen LogP contribution in [0.15, 0.2) is 101 Å². The maximum atomic E-state index is 14.6. The van der Waals surface area contributed by atoms with E-state index >= 15 is 0 Å². The van der Waals surface area contributed by atoms with Crippen LogP contribution in [0, 0.1) is 0 Å². The Morgan fingerprint density at radius 2 is 0.703 bits per heavy atom. The van der Waals surface area contributed by atoms with E-state index in [2.05, 4.69) is 30.7 Å². The Morgan fingerprint density at radius 3 is 0.922 bits per heavy atom. The Balaban J connectivity index is 0.968. The van der Waals surface area contributed by atoms with Crippen molar-refractivity contribution in [1.82, 2.24) is 14.7 Å². The van der Waals surface area contributed by atoms with Crippen molar-refractivity contribution < 1.29 is 82.5 Å². The minimum absolute atomic E-state index is 0.343. The summed E-state index contributed by atoms with van der Waals surface area (Å²) in [7, 11) is -3.05. The van der Waals surface area contributed by atoms with Crippen molar-refractivity contribution in [2.24, 2.45) is 30.7 Å². The van der Waals surface area contributed by atoms with Gasteiger partial charge in [-0.1, -0.05) is 18.2 Å². The van der Waals surface area contributed by atoms with E-state index in [0.29, 0.717) is 14.7 Å². The first-order valence-corrected chi connectivity index (χ1v) is 20.5. The standard InChI is InChI=1S/C36H21F9N9O9P/c37-34(38,39)31(46-47-31)7-10-52-22(55)16-13-1-4-28(61-13,19(16)25(52)58)64(29-5-2-14(62-29)17-20(29)26(59)53(23(17)56)11-8-32(48-49-32)35(40,41)42)30-6-3-15(63-30)18-21(30)27(60)54(24(18)57)12-9-33(50-51-33)36(43,44)45/h1-6,13-15H,7-12H2/t13-,14-,15-,28-,29-,30-/m0/s1. The van der Waals surface area contributed by atoms with Crippen LogP contribution in [-0.2, 0) is 43.0 Å². The zero-order valence-electron chi connectivity index (χ0n) is 31.5. The first-order chi connectivity index (χ1) is 29.9. The molecular weight excluding hydrogens is 904 g/mol. The molecule has 6 bridgehead atoms. The highest BCUT2D eigenvalue weighted by atomic mass is 31.1. The van der Waals surface area contributed by atoms with Gasteiger partial charge in [0.15, 0.2) is 0 Å². The molecule has 332 valence electrons. The molecule has 0 unspecified atom stereocenters. The molecule has 0 N–H and O–H groups in total. The van der Waals surface area contributed by atoms with E-state index in [1.807, 2.05) is 0 Å². The van der Waals surface area contributed by atoms with Crippen molar-refractivity contribution in [3.63, 3.8) is 0 Å². The second-order valence-electron chi connectivity index (χ2n) is 16.6. The Labute approximate surface area is 349 Å². The van der Waals surface area contributed by atoms with Crippen LogP contribution in [0.1, 0.15) is 19.3 Å². The largest absolute Gasteiger partial charge is 0.437 e. The lowest BCUT2D eigenvalue weighted by atomic mass is 9.97. The van der Waals surface area contributed by atoms with Gasteiger partial charge in [-0.05, 0) is 18.2 Å². The minimum Gasteiger partial charge on any atom is -0.349 e. The third-order valence-corrected chi connectivity index (χ3v) is 16.8. The summed E-state index contributed by atoms with van der Waals surface area (Å²) in [6.45, 7) is -2.55. The molecule has 6 atom stereocenters. The second kappa shape index (κ2) is 11.4. The molecule has 0 radical (unpaired) electrons. The Kier molecular flexibility index (Phi) is 7.11. The predicted octanol–water partition coefficient (Wildman–Crippen LogP) is 3.80. The summed E-state index contributed by atoms with van der Waals surface area (Å²) in [4.78, 5) is 87.7. The fraction of sp³-hybridized carbons (Fsp3) is 0.500. The molecule has 12 heterocycles. The number of hydrogen-bond donors (Lipinski definition) is 0. The van der Waals surface area contributed by atoms with E-state index in [4.69, 9.17) is 14.2 Å². The Hall–Kier alpha value is -5.66. The van der Waals surface area contributed by atoms with Crippen molar-refractivity contribution in [2.75, 3.05) is 19.6 Å². The van der Waals surface area contributed by atoms with Gasteiger partial charge in [-0.25, -0.2) is 0 Å². The van der Waals surface area contributed by atoms with Crippen molar-refractivity contribution in [1.29, 1.82) is 0 Å². The van der Waals surface area contributed by atoms with Crippen LogP contribution in [0.3, 0.4) is 0 Å². The number of alkyl halides is 9. The summed E-state index contributed by atoms with van der Waals surface area (Å²) in [5.74, 6) is -6.72. The third kappa shape index (κ3) is 4.52. The molecule has 18 nitrogen and oxygen atoms in total. The van der Waals surface area contributed by atoms with Gasteiger partial charge in [0.25, 0.3) is 52.4 Å². The highest BCUT2D eigenvalue weighted by Crippen LogP contribution is 2.83. The Bertz CT molecular complexity index is 2450. The van der Waals surface area contributed by atoms with E-state index in [0.717, 1.165) is 0 Å². The normalized spacial score (nSPS) is 35.5. The number of carbonyl (C=O) groups is 6. The number of imide groups is 3. The molecule has 0 saturated carbocycles. The fourth-order valence-corrected chi connectivity index (χ4v) is 14.3. The lowest BCUT2D eigenvalue weighted by Crippen LogP contribution is -2.52. The molecule has 6 amide bonds. The van der Waals surface area contributed by atoms with Gasteiger partial charge < -0.3 is 14.2 Å². The summed E-state index contributed by atoms with van der Waals surface area (Å²) in [5.41, 5.74) is -11.1. The smallest absolute Gasteiger partial charge is 0.349 e. The molecule has 12 rings (SSSR count). The molecule has 0 aromatic heterocycles. The molecule has 64 heavy (non-hydrogen) atoms. The summed E-state index contributed by atoms with van der Waals surface area (Å²) < 4.78 is 144. The first-order valence-electron chi connectivity index (χ1n) is 19.2. The number of halogens is 9. The van der Waals surface area contributed by atoms with Gasteiger partial charge >= 0.3 is 18.5 Å². The highest BCUT2D eigenvalue weighted by molar-refractivity contribution is 7.64. The van der Waals surface area contributed by atoms with Crippen molar-refractivity contribution in [3.05, 3.63) is 69.9 Å². The average molecular weight is 926 g/mol. The molecule has 0 saturated heterocycles. The van der Waals surface area contributed by atoms with Gasteiger partial charge in [-0.15, -0.1) is 30.7 Å². The van der Waals surface area contributed by atoms with Crippen LogP contribution < -0.4 is 0 Å². The minimum atomic E-state index is -4.97. The lowest BCUT2D eigenvalue weighted by molar-refractivity contribution is -0.167. The summed E-state index contributed by atoms with van der Waals surface area (Å²) in [5, 5.41) is 11.6. The number of amides is 6. The van der Waals surface area contributed by atoms with E-state index in [1.165, 1.54) is 36.5 Å². The molecule has 0 fully saturated rings. The molecule has 0 aliphatic carbocycles. The van der Waals surface area contributed by atoms with Crippen LogP contribution >= 0.6 is 7.92 Å². The van der Waals surface area contributed by atoms with E-state index in [-0.39, 0.29) is 16.7 Å². The van der Waals surface area contributed by atoms with Crippen LogP contribution in [0.4, 0.5) is 39.5 Å². The summed E-state index contributed by atoms with van der Waals surface area (Å²) in [6.07, 6.45) is -14.1. The zero-order chi connectivity index (χ0) is 45.3. The van der Waals surface area contributed by atoms with Crippen molar-refractivity contribution in [2.45, 2.75) is 89.1 Å². The van der Waals surface area contributed by atoms with Gasteiger partial charge in [-0.2, -0.15) is 39.5 Å². The van der Waals surface area contributed by atoms with Crippen LogP contribution in [0.2, 0.25) is 0 Å². The molecule has 0 aromatic rings. The predicted molar refractivity (Wildman–Crippen MR) is 183 cm³/mol.